The fourth-order valence-electron chi connectivity index (χ4n) is 2.41. The number of piperidine rings is 1. The van der Waals surface area contributed by atoms with Crippen molar-refractivity contribution in [1.29, 1.82) is 0 Å². The molecule has 126 valence electrons. The Bertz CT molecular complexity index is 379. The van der Waals surface area contributed by atoms with Gasteiger partial charge in [-0.25, -0.2) is 0 Å². The minimum atomic E-state index is -3.38. The molecule has 1 unspecified atom stereocenters. The molecule has 0 radical (unpaired) electrons. The molecule has 1 aliphatic heterocycles. The molecule has 1 heterocycles. The van der Waals surface area contributed by atoms with Crippen molar-refractivity contribution >= 4 is 10.2 Å². The van der Waals surface area contributed by atoms with Gasteiger partial charge in [0.15, 0.2) is 0 Å². The van der Waals surface area contributed by atoms with Crippen molar-refractivity contribution in [1.82, 2.24) is 14.3 Å². The van der Waals surface area contributed by atoms with Crippen LogP contribution in [-0.2, 0) is 14.9 Å². The maximum absolute atomic E-state index is 12.3. The zero-order chi connectivity index (χ0) is 15.9. The number of hydrogen-bond donors (Lipinski definition) is 2. The predicted octanol–water partition coefficient (Wildman–Crippen LogP) is 0.956. The number of rotatable bonds is 9. The van der Waals surface area contributed by atoms with E-state index in [0.717, 1.165) is 19.4 Å². The van der Waals surface area contributed by atoms with Gasteiger partial charge in [-0.3, -0.25) is 0 Å². The number of ether oxygens (including phenoxy) is 1. The molecule has 0 saturated carbocycles. The van der Waals surface area contributed by atoms with Crippen LogP contribution in [0.25, 0.3) is 0 Å². The normalized spacial score (nSPS) is 20.0. The van der Waals surface area contributed by atoms with Gasteiger partial charge in [-0.15, -0.1) is 0 Å². The summed E-state index contributed by atoms with van der Waals surface area (Å²) in [6.07, 6.45) is 1.83. The molecule has 1 atom stereocenters. The van der Waals surface area contributed by atoms with Crippen LogP contribution >= 0.6 is 0 Å². The molecule has 2 N–H and O–H groups in total. The first kappa shape index (κ1) is 18.8. The van der Waals surface area contributed by atoms with Crippen molar-refractivity contribution in [3.8, 4) is 0 Å². The molecule has 1 saturated heterocycles. The third kappa shape index (κ3) is 7.06. The van der Waals surface area contributed by atoms with Crippen molar-refractivity contribution in [3.05, 3.63) is 0 Å². The summed E-state index contributed by atoms with van der Waals surface area (Å²) in [5, 5.41) is 3.42. The molecule has 0 aromatic rings. The Kier molecular flexibility index (Phi) is 8.12. The molecule has 7 heteroatoms. The number of hydrogen-bond acceptors (Lipinski definition) is 4. The van der Waals surface area contributed by atoms with E-state index in [4.69, 9.17) is 4.74 Å². The zero-order valence-electron chi connectivity index (χ0n) is 13.8. The van der Waals surface area contributed by atoms with Crippen LogP contribution in [-0.4, -0.2) is 57.7 Å². The van der Waals surface area contributed by atoms with E-state index in [0.29, 0.717) is 38.3 Å². The first-order valence-electron chi connectivity index (χ1n) is 7.93. The topological polar surface area (TPSA) is 70.7 Å². The fourth-order valence-corrected chi connectivity index (χ4v) is 3.83. The van der Waals surface area contributed by atoms with E-state index in [1.807, 2.05) is 13.8 Å². The smallest absolute Gasteiger partial charge is 0.279 e. The van der Waals surface area contributed by atoms with E-state index >= 15 is 0 Å². The monoisotopic (exact) mass is 321 g/mol. The molecule has 0 spiro atoms. The first-order valence-corrected chi connectivity index (χ1v) is 9.37. The molecule has 0 aromatic heterocycles. The quantitative estimate of drug-likeness (QED) is 0.663. The lowest BCUT2D eigenvalue weighted by atomic mass is 9.98. The molecule has 1 rings (SSSR count). The van der Waals surface area contributed by atoms with E-state index in [1.54, 1.807) is 4.31 Å². The lowest BCUT2D eigenvalue weighted by Crippen LogP contribution is -2.49. The Balaban J connectivity index is 2.37. The highest BCUT2D eigenvalue weighted by Crippen LogP contribution is 2.18. The van der Waals surface area contributed by atoms with Crippen LogP contribution in [0.3, 0.4) is 0 Å². The zero-order valence-corrected chi connectivity index (χ0v) is 14.6. The van der Waals surface area contributed by atoms with Crippen LogP contribution in [0.2, 0.25) is 0 Å². The van der Waals surface area contributed by atoms with E-state index in [1.165, 1.54) is 0 Å². The van der Waals surface area contributed by atoms with Gasteiger partial charge in [0.25, 0.3) is 10.2 Å². The van der Waals surface area contributed by atoms with Gasteiger partial charge in [-0.1, -0.05) is 13.8 Å². The molecule has 0 aliphatic carbocycles. The Morgan fingerprint density at radius 3 is 2.38 bits per heavy atom. The van der Waals surface area contributed by atoms with E-state index < -0.39 is 10.2 Å². The minimum Gasteiger partial charge on any atom is -0.380 e. The highest BCUT2D eigenvalue weighted by molar-refractivity contribution is 7.87. The minimum absolute atomic E-state index is 0.199. The molecule has 6 nitrogen and oxygen atoms in total. The van der Waals surface area contributed by atoms with Gasteiger partial charge in [0, 0.05) is 31.8 Å². The van der Waals surface area contributed by atoms with E-state index in [2.05, 4.69) is 23.9 Å². The van der Waals surface area contributed by atoms with Crippen molar-refractivity contribution in [2.45, 2.75) is 52.6 Å². The van der Waals surface area contributed by atoms with Crippen molar-refractivity contribution in [2.75, 3.05) is 32.8 Å². The molecule has 1 aliphatic rings. The van der Waals surface area contributed by atoms with Crippen LogP contribution in [0.4, 0.5) is 0 Å². The summed E-state index contributed by atoms with van der Waals surface area (Å²) < 4.78 is 34.0. The third-order valence-corrected chi connectivity index (χ3v) is 5.40. The molecular weight excluding hydrogens is 290 g/mol. The standard InChI is InChI=1S/C14H31N3O3S/c1-5-20-11-13(4)16-21(18,19)17-8-6-14(7-9-17)10-15-12(2)3/h12-16H,5-11H2,1-4H3. The van der Waals surface area contributed by atoms with Gasteiger partial charge in [0.2, 0.25) is 0 Å². The molecule has 21 heavy (non-hydrogen) atoms. The Morgan fingerprint density at radius 2 is 1.86 bits per heavy atom. The number of nitrogens with zero attached hydrogens (tertiary/aromatic N) is 1. The lowest BCUT2D eigenvalue weighted by Gasteiger charge is -2.32. The van der Waals surface area contributed by atoms with Gasteiger partial charge in [0.05, 0.1) is 6.61 Å². The van der Waals surface area contributed by atoms with Crippen LogP contribution in [0.15, 0.2) is 0 Å². The first-order chi connectivity index (χ1) is 9.85. The second-order valence-electron chi connectivity index (χ2n) is 6.09. The van der Waals surface area contributed by atoms with Gasteiger partial charge in [0.1, 0.15) is 0 Å². The van der Waals surface area contributed by atoms with Gasteiger partial charge >= 0.3 is 0 Å². The third-order valence-electron chi connectivity index (χ3n) is 3.65. The Hall–Kier alpha value is -0.210. The highest BCUT2D eigenvalue weighted by Gasteiger charge is 2.28. The van der Waals surface area contributed by atoms with Crippen molar-refractivity contribution in [2.24, 2.45) is 5.92 Å². The van der Waals surface area contributed by atoms with Crippen LogP contribution < -0.4 is 10.0 Å². The summed E-state index contributed by atoms with van der Waals surface area (Å²) in [6, 6.07) is 0.281. The SMILES string of the molecule is CCOCC(C)NS(=O)(=O)N1CCC(CNC(C)C)CC1. The Morgan fingerprint density at radius 1 is 1.24 bits per heavy atom. The maximum Gasteiger partial charge on any atom is 0.279 e. The average Bonchev–Trinajstić information content (AvgIpc) is 2.43. The molecule has 0 aromatic carbocycles. The summed E-state index contributed by atoms with van der Waals surface area (Å²) in [4.78, 5) is 0. The predicted molar refractivity (Wildman–Crippen MR) is 85.4 cm³/mol. The second-order valence-corrected chi connectivity index (χ2v) is 7.79. The summed E-state index contributed by atoms with van der Waals surface area (Å²) in [7, 11) is -3.38. The van der Waals surface area contributed by atoms with Crippen molar-refractivity contribution < 1.29 is 13.2 Å². The molecule has 0 bridgehead atoms. The summed E-state index contributed by atoms with van der Waals surface area (Å²) in [5.41, 5.74) is 0. The number of nitrogens with one attached hydrogen (secondary N) is 2. The lowest BCUT2D eigenvalue weighted by molar-refractivity contribution is 0.132. The molecule has 1 fully saturated rings. The Labute approximate surface area is 129 Å². The maximum atomic E-state index is 12.3. The van der Waals surface area contributed by atoms with Crippen LogP contribution in [0, 0.1) is 5.92 Å². The summed E-state index contributed by atoms with van der Waals surface area (Å²) in [6.45, 7) is 11.2. The summed E-state index contributed by atoms with van der Waals surface area (Å²) >= 11 is 0. The van der Waals surface area contributed by atoms with E-state index in [9.17, 15) is 8.42 Å². The highest BCUT2D eigenvalue weighted by atomic mass is 32.2. The molecule has 0 amide bonds. The fraction of sp³-hybridized carbons (Fsp3) is 1.00. The van der Waals surface area contributed by atoms with Gasteiger partial charge < -0.3 is 10.1 Å². The van der Waals surface area contributed by atoms with Gasteiger partial charge in [-0.05, 0) is 39.2 Å². The second kappa shape index (κ2) is 9.05. The van der Waals surface area contributed by atoms with Crippen LogP contribution in [0.1, 0.15) is 40.5 Å². The van der Waals surface area contributed by atoms with Gasteiger partial charge in [-0.2, -0.15) is 17.4 Å². The molecular formula is C14H31N3O3S. The summed E-state index contributed by atoms with van der Waals surface area (Å²) in [5.74, 6) is 0.569. The largest absolute Gasteiger partial charge is 0.380 e. The average molecular weight is 321 g/mol. The van der Waals surface area contributed by atoms with Crippen LogP contribution in [0.5, 0.6) is 0 Å². The van der Waals surface area contributed by atoms with E-state index in [-0.39, 0.29) is 6.04 Å². The van der Waals surface area contributed by atoms with Crippen molar-refractivity contribution in [3.63, 3.8) is 0 Å².